The second-order valence-corrected chi connectivity index (χ2v) is 7.66. The lowest BCUT2D eigenvalue weighted by Gasteiger charge is -2.10. The number of aromatic carboxylic acids is 1. The summed E-state index contributed by atoms with van der Waals surface area (Å²) in [7, 11) is -4.18. The number of unbranched alkanes of at least 4 members (excludes halogenated alkanes) is 1. The zero-order chi connectivity index (χ0) is 19.9. The predicted molar refractivity (Wildman–Crippen MR) is 96.5 cm³/mol. The van der Waals surface area contributed by atoms with E-state index in [0.29, 0.717) is 13.0 Å². The van der Waals surface area contributed by atoms with E-state index < -0.39 is 32.3 Å². The third-order valence-corrected chi connectivity index (χ3v) is 5.33. The van der Waals surface area contributed by atoms with Crippen LogP contribution in [0.25, 0.3) is 0 Å². The summed E-state index contributed by atoms with van der Waals surface area (Å²) in [5.74, 6) is -1.86. The Morgan fingerprint density at radius 3 is 2.52 bits per heavy atom. The molecule has 0 aliphatic heterocycles. The van der Waals surface area contributed by atoms with Crippen LogP contribution in [0, 0.1) is 5.82 Å². The van der Waals surface area contributed by atoms with Crippen LogP contribution in [0.3, 0.4) is 0 Å². The largest absolute Gasteiger partial charge is 0.545 e. The third-order valence-electron chi connectivity index (χ3n) is 3.85. The number of sulfonamides is 1. The molecule has 0 unspecified atom stereocenters. The van der Waals surface area contributed by atoms with Crippen LogP contribution in [0.2, 0.25) is 0 Å². The average molecular weight is 394 g/mol. The maximum atomic E-state index is 13.8. The molecule has 0 radical (unpaired) electrons. The predicted octanol–water partition coefficient (Wildman–Crippen LogP) is 1.89. The number of halogens is 1. The van der Waals surface area contributed by atoms with Gasteiger partial charge in [0, 0.05) is 6.54 Å². The standard InChI is InChI=1S/C19H22FNO5S/c1-2-3-12-26-16-7-4-14(5-8-16)10-11-21-27(24,25)18-13-15(19(22)23)6-9-17(18)20/h4-9,13,21H,2-3,10-12H2,1H3,(H,22,23)/p-1. The number of carbonyl (C=O) groups is 1. The number of ether oxygens (including phenoxy) is 1. The van der Waals surface area contributed by atoms with Gasteiger partial charge in [0.05, 0.1) is 12.6 Å². The molecule has 0 heterocycles. The van der Waals surface area contributed by atoms with Crippen molar-refractivity contribution in [1.82, 2.24) is 4.72 Å². The third kappa shape index (κ3) is 6.04. The van der Waals surface area contributed by atoms with Crippen molar-refractivity contribution < 1.29 is 27.4 Å². The first-order valence-corrected chi connectivity index (χ1v) is 10.0. The van der Waals surface area contributed by atoms with Crippen LogP contribution in [0.5, 0.6) is 5.75 Å². The highest BCUT2D eigenvalue weighted by Crippen LogP contribution is 2.17. The van der Waals surface area contributed by atoms with E-state index in [9.17, 15) is 22.7 Å². The highest BCUT2D eigenvalue weighted by molar-refractivity contribution is 7.89. The molecule has 0 amide bonds. The van der Waals surface area contributed by atoms with Gasteiger partial charge in [0.15, 0.2) is 0 Å². The molecule has 146 valence electrons. The van der Waals surface area contributed by atoms with Crippen molar-refractivity contribution in [1.29, 1.82) is 0 Å². The number of hydrogen-bond donors (Lipinski definition) is 1. The van der Waals surface area contributed by atoms with Crippen molar-refractivity contribution in [3.63, 3.8) is 0 Å². The second-order valence-electron chi connectivity index (χ2n) is 5.93. The van der Waals surface area contributed by atoms with Gasteiger partial charge in [0.25, 0.3) is 0 Å². The van der Waals surface area contributed by atoms with E-state index in [-0.39, 0.29) is 6.54 Å². The molecule has 0 aliphatic rings. The Morgan fingerprint density at radius 2 is 1.89 bits per heavy atom. The zero-order valence-corrected chi connectivity index (χ0v) is 15.7. The molecular formula is C19H21FNO5S-. The summed E-state index contributed by atoms with van der Waals surface area (Å²) in [4.78, 5) is 10.1. The molecule has 0 fully saturated rings. The summed E-state index contributed by atoms with van der Waals surface area (Å²) in [5.41, 5.74) is 0.472. The normalized spacial score (nSPS) is 11.3. The van der Waals surface area contributed by atoms with Crippen molar-refractivity contribution in [2.75, 3.05) is 13.2 Å². The van der Waals surface area contributed by atoms with Gasteiger partial charge in [-0.2, -0.15) is 0 Å². The number of benzene rings is 2. The van der Waals surface area contributed by atoms with Crippen LogP contribution in [0.1, 0.15) is 35.7 Å². The lowest BCUT2D eigenvalue weighted by molar-refractivity contribution is -0.255. The van der Waals surface area contributed by atoms with Gasteiger partial charge in [-0.05, 0) is 48.2 Å². The van der Waals surface area contributed by atoms with Crippen molar-refractivity contribution >= 4 is 16.0 Å². The summed E-state index contributed by atoms with van der Waals surface area (Å²) in [6, 6.07) is 9.75. The number of rotatable bonds is 10. The summed E-state index contributed by atoms with van der Waals surface area (Å²) in [6.45, 7) is 2.76. The van der Waals surface area contributed by atoms with E-state index >= 15 is 0 Å². The van der Waals surface area contributed by atoms with Crippen LogP contribution < -0.4 is 14.6 Å². The minimum Gasteiger partial charge on any atom is -0.545 e. The maximum absolute atomic E-state index is 13.8. The highest BCUT2D eigenvalue weighted by Gasteiger charge is 2.19. The Balaban J connectivity index is 1.96. The molecule has 1 N–H and O–H groups in total. The van der Waals surface area contributed by atoms with E-state index in [1.807, 2.05) is 24.3 Å². The molecule has 6 nitrogen and oxygen atoms in total. The summed E-state index contributed by atoms with van der Waals surface area (Å²) in [6.07, 6.45) is 2.40. The first-order valence-electron chi connectivity index (χ1n) is 8.56. The first kappa shape index (κ1) is 20.9. The Bertz CT molecular complexity index is 881. The van der Waals surface area contributed by atoms with Gasteiger partial charge in [0.2, 0.25) is 10.0 Å². The van der Waals surface area contributed by atoms with Gasteiger partial charge in [-0.15, -0.1) is 0 Å². The Labute approximate surface area is 158 Å². The van der Waals surface area contributed by atoms with Gasteiger partial charge in [-0.25, -0.2) is 17.5 Å². The summed E-state index contributed by atoms with van der Waals surface area (Å²) in [5, 5.41) is 10.8. The molecule has 2 aromatic rings. The summed E-state index contributed by atoms with van der Waals surface area (Å²) >= 11 is 0. The number of nitrogens with one attached hydrogen (secondary N) is 1. The van der Waals surface area contributed by atoms with Crippen LogP contribution in [0.4, 0.5) is 4.39 Å². The topological polar surface area (TPSA) is 95.5 Å². The van der Waals surface area contributed by atoms with Crippen LogP contribution in [0.15, 0.2) is 47.4 Å². The van der Waals surface area contributed by atoms with Crippen molar-refractivity contribution in [2.45, 2.75) is 31.1 Å². The molecule has 0 spiro atoms. The van der Waals surface area contributed by atoms with Crippen LogP contribution in [-0.2, 0) is 16.4 Å². The molecule has 0 atom stereocenters. The van der Waals surface area contributed by atoms with Crippen LogP contribution >= 0.6 is 0 Å². The van der Waals surface area contributed by atoms with Crippen molar-refractivity contribution in [3.8, 4) is 5.75 Å². The van der Waals surface area contributed by atoms with Gasteiger partial charge in [-0.1, -0.05) is 31.5 Å². The molecule has 0 aromatic heterocycles. The second kappa shape index (κ2) is 9.48. The quantitative estimate of drug-likeness (QED) is 0.621. The monoisotopic (exact) mass is 394 g/mol. The lowest BCUT2D eigenvalue weighted by atomic mass is 10.1. The van der Waals surface area contributed by atoms with Gasteiger partial charge < -0.3 is 14.6 Å². The number of carboxylic acids is 1. The fourth-order valence-electron chi connectivity index (χ4n) is 2.33. The molecule has 2 aromatic carbocycles. The van der Waals surface area contributed by atoms with Crippen molar-refractivity contribution in [3.05, 3.63) is 59.4 Å². The van der Waals surface area contributed by atoms with Gasteiger partial charge in [0.1, 0.15) is 16.5 Å². The molecule has 0 bridgehead atoms. The maximum Gasteiger partial charge on any atom is 0.243 e. The van der Waals surface area contributed by atoms with E-state index in [1.54, 1.807) is 0 Å². The number of carbonyl (C=O) groups excluding carboxylic acids is 1. The molecular weight excluding hydrogens is 373 g/mol. The zero-order valence-electron chi connectivity index (χ0n) is 14.9. The fourth-order valence-corrected chi connectivity index (χ4v) is 3.46. The van der Waals surface area contributed by atoms with Crippen LogP contribution in [-0.4, -0.2) is 27.5 Å². The molecule has 27 heavy (non-hydrogen) atoms. The van der Waals surface area contributed by atoms with E-state index in [1.165, 1.54) is 0 Å². The Hall–Kier alpha value is -2.45. The lowest BCUT2D eigenvalue weighted by Crippen LogP contribution is -2.28. The van der Waals surface area contributed by atoms with Crippen molar-refractivity contribution in [2.24, 2.45) is 0 Å². The minimum absolute atomic E-state index is 0.0351. The molecule has 8 heteroatoms. The fraction of sp³-hybridized carbons (Fsp3) is 0.316. The highest BCUT2D eigenvalue weighted by atomic mass is 32.2. The Kier molecular flexibility index (Phi) is 7.32. The average Bonchev–Trinajstić information content (AvgIpc) is 2.63. The number of hydrogen-bond acceptors (Lipinski definition) is 5. The molecule has 0 saturated carbocycles. The minimum atomic E-state index is -4.18. The van der Waals surface area contributed by atoms with E-state index in [2.05, 4.69) is 11.6 Å². The number of carboxylic acid groups (broad SMARTS) is 1. The smallest absolute Gasteiger partial charge is 0.243 e. The summed E-state index contributed by atoms with van der Waals surface area (Å²) < 4.78 is 46.1. The van der Waals surface area contributed by atoms with E-state index in [0.717, 1.165) is 42.4 Å². The molecule has 2 rings (SSSR count). The first-order chi connectivity index (χ1) is 12.8. The van der Waals surface area contributed by atoms with Gasteiger partial charge >= 0.3 is 0 Å². The molecule has 0 saturated heterocycles. The van der Waals surface area contributed by atoms with Gasteiger partial charge in [-0.3, -0.25) is 0 Å². The molecule has 0 aliphatic carbocycles. The van der Waals surface area contributed by atoms with E-state index in [4.69, 9.17) is 4.74 Å². The Morgan fingerprint density at radius 1 is 1.19 bits per heavy atom. The SMILES string of the molecule is CCCCOc1ccc(CCNS(=O)(=O)c2cc(C(=O)[O-])ccc2F)cc1.